The molecule has 0 fully saturated rings. The van der Waals surface area contributed by atoms with Crippen molar-refractivity contribution in [2.45, 2.75) is 38.8 Å². The SMILES string of the molecule is Cc1cc(C(CC(=O)c2ccc(-n3cncn3)cc2)(C[N+](=O)[O-])C(F)(F)F)c(C)c(C)n1. The second kappa shape index (κ2) is 8.48. The number of nitrogens with zero attached hydrogens (tertiary/aromatic N) is 5. The zero-order chi connectivity index (χ0) is 23.7. The molecule has 0 aliphatic rings. The minimum Gasteiger partial charge on any atom is -0.294 e. The van der Waals surface area contributed by atoms with Gasteiger partial charge in [-0.15, -0.1) is 0 Å². The number of alkyl halides is 3. The van der Waals surface area contributed by atoms with Crippen LogP contribution in [-0.4, -0.2) is 43.2 Å². The number of aryl methyl sites for hydroxylation is 2. The van der Waals surface area contributed by atoms with Crippen molar-refractivity contribution in [1.82, 2.24) is 19.7 Å². The van der Waals surface area contributed by atoms with Crippen LogP contribution in [0.3, 0.4) is 0 Å². The zero-order valence-electron chi connectivity index (χ0n) is 17.6. The number of halogens is 3. The second-order valence-corrected chi connectivity index (χ2v) is 7.58. The molecule has 0 saturated heterocycles. The summed E-state index contributed by atoms with van der Waals surface area (Å²) in [6.07, 6.45) is -3.42. The Kier molecular flexibility index (Phi) is 6.11. The van der Waals surface area contributed by atoms with Gasteiger partial charge in [0, 0.05) is 28.3 Å². The van der Waals surface area contributed by atoms with Crippen molar-refractivity contribution in [3.63, 3.8) is 0 Å². The van der Waals surface area contributed by atoms with Crippen LogP contribution in [0.1, 0.15) is 39.3 Å². The highest BCUT2D eigenvalue weighted by atomic mass is 19.4. The van der Waals surface area contributed by atoms with Crippen LogP contribution in [0.15, 0.2) is 43.0 Å². The molecule has 0 aliphatic heterocycles. The highest BCUT2D eigenvalue weighted by Crippen LogP contribution is 2.46. The van der Waals surface area contributed by atoms with Crippen LogP contribution in [0.25, 0.3) is 5.69 Å². The van der Waals surface area contributed by atoms with Crippen LogP contribution in [0.2, 0.25) is 0 Å². The van der Waals surface area contributed by atoms with Crippen molar-refractivity contribution in [2.75, 3.05) is 6.54 Å². The lowest BCUT2D eigenvalue weighted by Gasteiger charge is -2.34. The van der Waals surface area contributed by atoms with Gasteiger partial charge in [-0.3, -0.25) is 19.9 Å². The molecule has 0 aliphatic carbocycles. The number of hydrogen-bond donors (Lipinski definition) is 0. The first-order valence-corrected chi connectivity index (χ1v) is 9.57. The normalized spacial score (nSPS) is 13.6. The smallest absolute Gasteiger partial charge is 0.294 e. The molecular formula is C21H20F3N5O3. The summed E-state index contributed by atoms with van der Waals surface area (Å²) in [5.41, 5.74) is -1.97. The monoisotopic (exact) mass is 447 g/mol. The van der Waals surface area contributed by atoms with E-state index < -0.39 is 35.3 Å². The van der Waals surface area contributed by atoms with Crippen molar-refractivity contribution in [3.05, 3.63) is 81.2 Å². The second-order valence-electron chi connectivity index (χ2n) is 7.58. The van der Waals surface area contributed by atoms with Crippen molar-refractivity contribution < 1.29 is 22.9 Å². The van der Waals surface area contributed by atoms with E-state index in [-0.39, 0.29) is 22.4 Å². The molecular weight excluding hydrogens is 427 g/mol. The Bertz CT molecular complexity index is 1140. The van der Waals surface area contributed by atoms with E-state index in [0.717, 1.165) is 0 Å². The molecule has 2 aromatic heterocycles. The molecule has 8 nitrogen and oxygen atoms in total. The third kappa shape index (κ3) is 4.36. The van der Waals surface area contributed by atoms with Gasteiger partial charge >= 0.3 is 6.18 Å². The molecule has 168 valence electrons. The molecule has 0 amide bonds. The number of benzene rings is 1. The number of ketones is 1. The zero-order valence-corrected chi connectivity index (χ0v) is 17.6. The van der Waals surface area contributed by atoms with Crippen molar-refractivity contribution in [3.8, 4) is 5.69 Å². The van der Waals surface area contributed by atoms with E-state index >= 15 is 0 Å². The Morgan fingerprint density at radius 2 is 1.81 bits per heavy atom. The largest absolute Gasteiger partial charge is 0.405 e. The maximum Gasteiger partial charge on any atom is 0.405 e. The summed E-state index contributed by atoms with van der Waals surface area (Å²) >= 11 is 0. The maximum absolute atomic E-state index is 14.5. The molecule has 1 aromatic carbocycles. The van der Waals surface area contributed by atoms with Crippen LogP contribution >= 0.6 is 0 Å². The summed E-state index contributed by atoms with van der Waals surface area (Å²) in [5, 5.41) is 15.3. The van der Waals surface area contributed by atoms with E-state index in [0.29, 0.717) is 11.4 Å². The van der Waals surface area contributed by atoms with Gasteiger partial charge in [0.05, 0.1) is 5.69 Å². The predicted octanol–water partition coefficient (Wildman–Crippen LogP) is 3.94. The minimum absolute atomic E-state index is 0.00555. The van der Waals surface area contributed by atoms with Gasteiger partial charge in [0.25, 0.3) is 0 Å². The van der Waals surface area contributed by atoms with Crippen molar-refractivity contribution in [2.24, 2.45) is 0 Å². The molecule has 2 heterocycles. The summed E-state index contributed by atoms with van der Waals surface area (Å²) in [7, 11) is 0. The van der Waals surface area contributed by atoms with Gasteiger partial charge in [-0.2, -0.15) is 18.3 Å². The fourth-order valence-corrected chi connectivity index (χ4v) is 3.71. The Hall–Kier alpha value is -3.63. The summed E-state index contributed by atoms with van der Waals surface area (Å²) in [6, 6.07) is 6.93. The summed E-state index contributed by atoms with van der Waals surface area (Å²) < 4.78 is 44.9. The summed E-state index contributed by atoms with van der Waals surface area (Å²) in [4.78, 5) is 31.3. The topological polar surface area (TPSA) is 104 Å². The van der Waals surface area contributed by atoms with Gasteiger partial charge in [-0.1, -0.05) is 0 Å². The van der Waals surface area contributed by atoms with E-state index in [2.05, 4.69) is 15.1 Å². The van der Waals surface area contributed by atoms with E-state index in [1.807, 2.05) is 0 Å². The first-order chi connectivity index (χ1) is 14.9. The first kappa shape index (κ1) is 23.0. The van der Waals surface area contributed by atoms with Crippen molar-refractivity contribution >= 4 is 5.78 Å². The number of aromatic nitrogens is 4. The fourth-order valence-electron chi connectivity index (χ4n) is 3.71. The lowest BCUT2D eigenvalue weighted by Crippen LogP contribution is -2.50. The van der Waals surface area contributed by atoms with Gasteiger partial charge in [0.15, 0.2) is 11.2 Å². The van der Waals surface area contributed by atoms with Crippen LogP contribution in [0.4, 0.5) is 13.2 Å². The Labute approximate surface area is 181 Å². The molecule has 0 bridgehead atoms. The number of rotatable bonds is 7. The Balaban J connectivity index is 2.08. The van der Waals surface area contributed by atoms with Crippen LogP contribution in [0, 0.1) is 30.9 Å². The minimum atomic E-state index is -5.05. The average molecular weight is 447 g/mol. The third-order valence-electron chi connectivity index (χ3n) is 5.44. The molecule has 0 N–H and O–H groups in total. The highest BCUT2D eigenvalue weighted by Gasteiger charge is 2.61. The number of carbonyl (C=O) groups excluding carboxylic acids is 1. The Morgan fingerprint density at radius 1 is 1.16 bits per heavy atom. The molecule has 0 radical (unpaired) electrons. The van der Waals surface area contributed by atoms with E-state index in [9.17, 15) is 28.1 Å². The molecule has 3 aromatic rings. The number of pyridine rings is 1. The number of carbonyl (C=O) groups is 1. The quantitative estimate of drug-likeness (QED) is 0.309. The van der Waals surface area contributed by atoms with Crippen LogP contribution < -0.4 is 0 Å². The number of nitro groups is 1. The molecule has 32 heavy (non-hydrogen) atoms. The molecule has 11 heteroatoms. The molecule has 1 unspecified atom stereocenters. The lowest BCUT2D eigenvalue weighted by molar-refractivity contribution is -0.501. The van der Waals surface area contributed by atoms with Gasteiger partial charge in [0.1, 0.15) is 12.7 Å². The van der Waals surface area contributed by atoms with E-state index in [4.69, 9.17) is 0 Å². The third-order valence-corrected chi connectivity index (χ3v) is 5.44. The molecule has 3 rings (SSSR count). The van der Waals surface area contributed by atoms with Crippen LogP contribution in [-0.2, 0) is 5.41 Å². The van der Waals surface area contributed by atoms with E-state index in [1.54, 1.807) is 0 Å². The van der Waals surface area contributed by atoms with Gasteiger partial charge in [0.2, 0.25) is 6.54 Å². The van der Waals surface area contributed by atoms with E-state index in [1.165, 1.54) is 68.4 Å². The van der Waals surface area contributed by atoms with Gasteiger partial charge < -0.3 is 0 Å². The molecule has 0 spiro atoms. The number of hydrogen-bond acceptors (Lipinski definition) is 6. The molecule has 1 atom stereocenters. The first-order valence-electron chi connectivity index (χ1n) is 9.57. The molecule has 0 saturated carbocycles. The predicted molar refractivity (Wildman–Crippen MR) is 108 cm³/mol. The Morgan fingerprint density at radius 3 is 2.34 bits per heavy atom. The lowest BCUT2D eigenvalue weighted by atomic mass is 9.72. The van der Waals surface area contributed by atoms with Gasteiger partial charge in [-0.05, 0) is 62.2 Å². The average Bonchev–Trinajstić information content (AvgIpc) is 3.24. The van der Waals surface area contributed by atoms with Gasteiger partial charge in [-0.25, -0.2) is 9.67 Å². The highest BCUT2D eigenvalue weighted by molar-refractivity contribution is 5.97. The summed E-state index contributed by atoms with van der Waals surface area (Å²) in [5.74, 6) is -0.860. The van der Waals surface area contributed by atoms with Crippen molar-refractivity contribution in [1.29, 1.82) is 0 Å². The summed E-state index contributed by atoms with van der Waals surface area (Å²) in [6.45, 7) is 3.00. The standard InChI is InChI=1S/C21H20F3N5O3/c1-13-8-18(14(2)15(3)27-13)20(10-29(31)32,21(22,23)24)9-19(30)16-4-6-17(7-5-16)28-12-25-11-26-28/h4-8,11-12H,9-10H2,1-3H3. The maximum atomic E-state index is 14.5. The van der Waals surface area contributed by atoms with Crippen LogP contribution in [0.5, 0.6) is 0 Å². The fraction of sp³-hybridized carbons (Fsp3) is 0.333. The number of Topliss-reactive ketones (excluding diaryl/α,β-unsaturated/α-hetero) is 1.